The summed E-state index contributed by atoms with van der Waals surface area (Å²) in [5.41, 5.74) is 6.95. The molecule has 1 fully saturated rings. The molecule has 1 aliphatic heterocycles. The van der Waals surface area contributed by atoms with Crippen LogP contribution in [0.2, 0.25) is 0 Å². The second kappa shape index (κ2) is 6.96. The molecule has 5 heteroatoms. The Labute approximate surface area is 108 Å². The number of phenols is 1. The Bertz CT molecular complexity index is 377. The summed E-state index contributed by atoms with van der Waals surface area (Å²) in [6, 6.07) is 3.28. The molecule has 5 nitrogen and oxygen atoms in total. The van der Waals surface area contributed by atoms with Crippen LogP contribution in [0, 0.1) is 0 Å². The minimum absolute atomic E-state index is 0.0499. The average molecular weight is 254 g/mol. The van der Waals surface area contributed by atoms with E-state index >= 15 is 0 Å². The summed E-state index contributed by atoms with van der Waals surface area (Å²) in [5.74, 6) is 0.683. The molecule has 1 heterocycles. The summed E-state index contributed by atoms with van der Waals surface area (Å²) < 4.78 is 10.5. The van der Waals surface area contributed by atoms with E-state index in [9.17, 15) is 5.11 Å². The van der Waals surface area contributed by atoms with Crippen LogP contribution in [0.4, 0.5) is 11.4 Å². The maximum absolute atomic E-state index is 9.51. The van der Waals surface area contributed by atoms with E-state index in [2.05, 4.69) is 4.90 Å². The highest BCUT2D eigenvalue weighted by molar-refractivity contribution is 5.70. The third-order valence-corrected chi connectivity index (χ3v) is 2.68. The molecule has 0 aliphatic carbocycles. The van der Waals surface area contributed by atoms with Crippen molar-refractivity contribution in [3.05, 3.63) is 12.1 Å². The van der Waals surface area contributed by atoms with E-state index in [-0.39, 0.29) is 5.75 Å². The van der Waals surface area contributed by atoms with Gasteiger partial charge in [0, 0.05) is 19.2 Å². The largest absolute Gasteiger partial charge is 0.506 e. The highest BCUT2D eigenvalue weighted by Gasteiger charge is 2.17. The summed E-state index contributed by atoms with van der Waals surface area (Å²) in [7, 11) is 1.58. The predicted octanol–water partition coefficient (Wildman–Crippen LogP) is 1.85. The van der Waals surface area contributed by atoms with Gasteiger partial charge < -0.3 is 25.2 Å². The van der Waals surface area contributed by atoms with Crippen LogP contribution in [0.25, 0.3) is 0 Å². The van der Waals surface area contributed by atoms with Gasteiger partial charge in [0.2, 0.25) is 0 Å². The first-order chi connectivity index (χ1) is 8.72. The maximum Gasteiger partial charge on any atom is 0.146 e. The van der Waals surface area contributed by atoms with Crippen molar-refractivity contribution in [3.8, 4) is 11.5 Å². The van der Waals surface area contributed by atoms with Crippen LogP contribution in [0.15, 0.2) is 12.1 Å². The molecule has 1 aromatic rings. The summed E-state index contributed by atoms with van der Waals surface area (Å²) in [6.45, 7) is 7.01. The molecule has 2 rings (SSSR count). The third-order valence-electron chi connectivity index (χ3n) is 2.68. The molecule has 0 saturated carbocycles. The smallest absolute Gasteiger partial charge is 0.146 e. The van der Waals surface area contributed by atoms with Gasteiger partial charge in [-0.15, -0.1) is 0 Å². The average Bonchev–Trinajstić information content (AvgIpc) is 2.44. The van der Waals surface area contributed by atoms with Gasteiger partial charge in [0.05, 0.1) is 31.7 Å². The number of hydrogen-bond donors (Lipinski definition) is 2. The van der Waals surface area contributed by atoms with E-state index < -0.39 is 0 Å². The number of nitrogens with zero attached hydrogens (tertiary/aromatic N) is 1. The number of ether oxygens (including phenoxy) is 2. The Morgan fingerprint density at radius 2 is 1.89 bits per heavy atom. The van der Waals surface area contributed by atoms with Crippen LogP contribution in [-0.2, 0) is 4.74 Å². The highest BCUT2D eigenvalue weighted by atomic mass is 16.5. The van der Waals surface area contributed by atoms with Crippen LogP contribution >= 0.6 is 0 Å². The second-order valence-corrected chi connectivity index (χ2v) is 3.68. The number of aromatic hydroxyl groups is 1. The van der Waals surface area contributed by atoms with Gasteiger partial charge in [-0.1, -0.05) is 13.8 Å². The molecule has 1 saturated heterocycles. The van der Waals surface area contributed by atoms with Crippen molar-refractivity contribution in [2.45, 2.75) is 13.8 Å². The van der Waals surface area contributed by atoms with Crippen LogP contribution in [-0.4, -0.2) is 38.5 Å². The first-order valence-electron chi connectivity index (χ1n) is 6.21. The van der Waals surface area contributed by atoms with Gasteiger partial charge >= 0.3 is 0 Å². The summed E-state index contributed by atoms with van der Waals surface area (Å²) >= 11 is 0. The zero-order valence-corrected chi connectivity index (χ0v) is 11.3. The first-order valence-corrected chi connectivity index (χ1v) is 6.21. The minimum Gasteiger partial charge on any atom is -0.506 e. The Kier molecular flexibility index (Phi) is 5.58. The van der Waals surface area contributed by atoms with Gasteiger partial charge in [-0.05, 0) is 6.07 Å². The standard InChI is InChI=1S/C11H16N2O3.C2H6/c1-15-11-7-10(14)8(12)6-9(11)13-2-4-16-5-3-13;1-2/h6-7,14H,2-5,12H2,1H3;1-2H3. The van der Waals surface area contributed by atoms with Gasteiger partial charge in [-0.25, -0.2) is 0 Å². The monoisotopic (exact) mass is 254 g/mol. The molecule has 102 valence electrons. The third kappa shape index (κ3) is 3.20. The Balaban J connectivity index is 0.000000771. The van der Waals surface area contributed by atoms with E-state index in [1.807, 2.05) is 13.8 Å². The zero-order chi connectivity index (χ0) is 13.5. The number of nitrogen functional groups attached to an aromatic ring is 1. The van der Waals surface area contributed by atoms with Crippen molar-refractivity contribution in [2.24, 2.45) is 0 Å². The maximum atomic E-state index is 9.51. The Morgan fingerprint density at radius 1 is 1.28 bits per heavy atom. The number of anilines is 2. The van der Waals surface area contributed by atoms with Crippen molar-refractivity contribution >= 4 is 11.4 Å². The summed E-state index contributed by atoms with van der Waals surface area (Å²) in [4.78, 5) is 2.14. The van der Waals surface area contributed by atoms with Gasteiger partial charge in [0.1, 0.15) is 11.5 Å². The molecule has 1 aliphatic rings. The molecule has 3 N–H and O–H groups in total. The first kappa shape index (κ1) is 14.4. The molecule has 0 atom stereocenters. The molecular weight excluding hydrogens is 232 g/mol. The van der Waals surface area contributed by atoms with Crippen LogP contribution in [0.5, 0.6) is 11.5 Å². The topological polar surface area (TPSA) is 68.0 Å². The molecule has 0 aromatic heterocycles. The van der Waals surface area contributed by atoms with Crippen LogP contribution < -0.4 is 15.4 Å². The zero-order valence-electron chi connectivity index (χ0n) is 11.3. The fraction of sp³-hybridized carbons (Fsp3) is 0.538. The molecule has 0 amide bonds. The lowest BCUT2D eigenvalue weighted by atomic mass is 10.2. The second-order valence-electron chi connectivity index (χ2n) is 3.68. The van der Waals surface area contributed by atoms with Gasteiger partial charge in [0.25, 0.3) is 0 Å². The summed E-state index contributed by atoms with van der Waals surface area (Å²) in [5, 5.41) is 9.51. The van der Waals surface area contributed by atoms with Crippen molar-refractivity contribution in [1.29, 1.82) is 0 Å². The van der Waals surface area contributed by atoms with E-state index in [4.69, 9.17) is 15.2 Å². The number of phenolic OH excluding ortho intramolecular Hbond substituents is 1. The SMILES string of the molecule is CC.COc1cc(O)c(N)cc1N1CCOCC1. The van der Waals surface area contributed by atoms with E-state index in [1.165, 1.54) is 0 Å². The molecule has 1 aromatic carbocycles. The number of methoxy groups -OCH3 is 1. The molecule has 0 bridgehead atoms. The van der Waals surface area contributed by atoms with Gasteiger partial charge in [0.15, 0.2) is 0 Å². The van der Waals surface area contributed by atoms with Gasteiger partial charge in [-0.3, -0.25) is 0 Å². The molecule has 0 radical (unpaired) electrons. The number of benzene rings is 1. The molecular formula is C13H22N2O3. The van der Waals surface area contributed by atoms with Gasteiger partial charge in [-0.2, -0.15) is 0 Å². The lowest BCUT2D eigenvalue weighted by Gasteiger charge is -2.30. The Hall–Kier alpha value is -1.62. The summed E-state index contributed by atoms with van der Waals surface area (Å²) in [6.07, 6.45) is 0. The molecule has 0 unspecified atom stereocenters. The predicted molar refractivity (Wildman–Crippen MR) is 73.5 cm³/mol. The normalized spacial score (nSPS) is 14.7. The number of hydrogen-bond acceptors (Lipinski definition) is 5. The van der Waals surface area contributed by atoms with Crippen molar-refractivity contribution in [1.82, 2.24) is 0 Å². The lowest BCUT2D eigenvalue weighted by molar-refractivity contribution is 0.122. The van der Waals surface area contributed by atoms with Crippen molar-refractivity contribution in [3.63, 3.8) is 0 Å². The number of morpholine rings is 1. The fourth-order valence-corrected chi connectivity index (χ4v) is 1.79. The quantitative estimate of drug-likeness (QED) is 0.622. The van der Waals surface area contributed by atoms with Crippen LogP contribution in [0.3, 0.4) is 0 Å². The fourth-order valence-electron chi connectivity index (χ4n) is 1.79. The minimum atomic E-state index is 0.0499. The van der Waals surface area contributed by atoms with Crippen LogP contribution in [0.1, 0.15) is 13.8 Å². The lowest BCUT2D eigenvalue weighted by Crippen LogP contribution is -2.36. The van der Waals surface area contributed by atoms with E-state index in [0.717, 1.165) is 18.8 Å². The molecule has 18 heavy (non-hydrogen) atoms. The Morgan fingerprint density at radius 3 is 2.44 bits per heavy atom. The van der Waals surface area contributed by atoms with E-state index in [0.29, 0.717) is 24.7 Å². The number of nitrogens with two attached hydrogens (primary N) is 1. The van der Waals surface area contributed by atoms with Crippen molar-refractivity contribution < 1.29 is 14.6 Å². The van der Waals surface area contributed by atoms with E-state index in [1.54, 1.807) is 19.2 Å². The number of rotatable bonds is 2. The molecule has 0 spiro atoms. The highest BCUT2D eigenvalue weighted by Crippen LogP contribution is 2.36. The van der Waals surface area contributed by atoms with Crippen molar-refractivity contribution in [2.75, 3.05) is 44.0 Å².